The van der Waals surface area contributed by atoms with E-state index < -0.39 is 17.7 Å². The van der Waals surface area contributed by atoms with Gasteiger partial charge in [-0.15, -0.1) is 0 Å². The first kappa shape index (κ1) is 15.9. The highest BCUT2D eigenvalue weighted by Crippen LogP contribution is 2.52. The monoisotopic (exact) mass is 349 g/mol. The van der Waals surface area contributed by atoms with Crippen LogP contribution >= 0.6 is 0 Å². The number of carbonyl (C=O) groups is 1. The zero-order chi connectivity index (χ0) is 17.8. The number of rotatable bonds is 2. The lowest BCUT2D eigenvalue weighted by Crippen LogP contribution is -2.39. The van der Waals surface area contributed by atoms with Crippen LogP contribution in [-0.2, 0) is 18.1 Å². The molecule has 2 aliphatic rings. The molecule has 1 aliphatic carbocycles. The van der Waals surface area contributed by atoms with Gasteiger partial charge in [0.05, 0.1) is 11.1 Å². The lowest BCUT2D eigenvalue weighted by Gasteiger charge is -2.35. The van der Waals surface area contributed by atoms with Crippen LogP contribution in [0.3, 0.4) is 0 Å². The minimum atomic E-state index is -4.47. The van der Waals surface area contributed by atoms with Gasteiger partial charge in [0.15, 0.2) is 0 Å². The molecule has 1 spiro atoms. The SMILES string of the molecule is O=C(O)c1ccc2c(c1)CN(c1ncc(C(F)(F)F)cn1)CC21CC1. The van der Waals surface area contributed by atoms with Crippen LogP contribution in [0.2, 0.25) is 0 Å². The Morgan fingerprint density at radius 3 is 2.44 bits per heavy atom. The Hall–Kier alpha value is -2.64. The molecular weight excluding hydrogens is 335 g/mol. The molecule has 2 heterocycles. The van der Waals surface area contributed by atoms with Crippen molar-refractivity contribution in [2.24, 2.45) is 0 Å². The fourth-order valence-corrected chi connectivity index (χ4v) is 3.44. The van der Waals surface area contributed by atoms with E-state index in [1.807, 2.05) is 11.0 Å². The van der Waals surface area contributed by atoms with E-state index in [-0.39, 0.29) is 16.9 Å². The smallest absolute Gasteiger partial charge is 0.419 e. The molecule has 5 nitrogen and oxygen atoms in total. The first-order chi connectivity index (χ1) is 11.8. The van der Waals surface area contributed by atoms with Crippen LogP contribution in [0.15, 0.2) is 30.6 Å². The van der Waals surface area contributed by atoms with E-state index in [9.17, 15) is 23.1 Å². The Labute approximate surface area is 141 Å². The second-order valence-electron chi connectivity index (χ2n) is 6.58. The average molecular weight is 349 g/mol. The zero-order valence-electron chi connectivity index (χ0n) is 13.0. The van der Waals surface area contributed by atoms with Crippen molar-refractivity contribution in [1.82, 2.24) is 9.97 Å². The van der Waals surface area contributed by atoms with Crippen molar-refractivity contribution in [2.75, 3.05) is 11.4 Å². The van der Waals surface area contributed by atoms with E-state index in [1.165, 1.54) is 0 Å². The number of anilines is 1. The Kier molecular flexibility index (Phi) is 3.28. The highest BCUT2D eigenvalue weighted by atomic mass is 19.4. The number of nitrogens with zero attached hydrogens (tertiary/aromatic N) is 3. The van der Waals surface area contributed by atoms with Crippen molar-refractivity contribution in [3.05, 3.63) is 52.8 Å². The second kappa shape index (κ2) is 5.18. The third-order valence-electron chi connectivity index (χ3n) is 4.88. The van der Waals surface area contributed by atoms with E-state index in [0.717, 1.165) is 36.4 Å². The van der Waals surface area contributed by atoms with Crippen LogP contribution in [0.1, 0.15) is 39.9 Å². The molecule has 25 heavy (non-hydrogen) atoms. The number of halogens is 3. The van der Waals surface area contributed by atoms with Gasteiger partial charge in [-0.2, -0.15) is 13.2 Å². The third kappa shape index (κ3) is 2.71. The normalized spacial score (nSPS) is 18.1. The summed E-state index contributed by atoms with van der Waals surface area (Å²) in [6.07, 6.45) is -0.982. The lowest BCUT2D eigenvalue weighted by molar-refractivity contribution is -0.138. The van der Waals surface area contributed by atoms with Crippen molar-refractivity contribution < 1.29 is 23.1 Å². The average Bonchev–Trinajstić information content (AvgIpc) is 3.33. The highest BCUT2D eigenvalue weighted by molar-refractivity contribution is 5.88. The summed E-state index contributed by atoms with van der Waals surface area (Å²) < 4.78 is 38.0. The Morgan fingerprint density at radius 2 is 1.88 bits per heavy atom. The fourth-order valence-electron chi connectivity index (χ4n) is 3.44. The van der Waals surface area contributed by atoms with E-state index in [0.29, 0.717) is 13.1 Å². The maximum absolute atomic E-state index is 12.7. The first-order valence-corrected chi connectivity index (χ1v) is 7.79. The van der Waals surface area contributed by atoms with E-state index in [4.69, 9.17) is 0 Å². The molecule has 1 aliphatic heterocycles. The van der Waals surface area contributed by atoms with Gasteiger partial charge in [0.1, 0.15) is 0 Å². The predicted octanol–water partition coefficient (Wildman–Crippen LogP) is 3.25. The molecule has 1 saturated carbocycles. The van der Waals surface area contributed by atoms with Gasteiger partial charge in [-0.25, -0.2) is 14.8 Å². The molecule has 8 heteroatoms. The van der Waals surface area contributed by atoms with Crippen molar-refractivity contribution in [2.45, 2.75) is 31.0 Å². The molecule has 0 saturated heterocycles. The molecule has 4 rings (SSSR count). The van der Waals surface area contributed by atoms with Crippen molar-refractivity contribution in [3.63, 3.8) is 0 Å². The quantitative estimate of drug-likeness (QED) is 0.902. The van der Waals surface area contributed by atoms with Crippen LogP contribution < -0.4 is 4.90 Å². The number of carboxylic acids is 1. The molecule has 1 aromatic heterocycles. The molecule has 0 amide bonds. The number of aromatic carboxylic acids is 1. The number of benzene rings is 1. The molecule has 130 valence electrons. The summed E-state index contributed by atoms with van der Waals surface area (Å²) in [6, 6.07) is 5.09. The molecule has 0 radical (unpaired) electrons. The Balaban J connectivity index is 1.67. The van der Waals surface area contributed by atoms with Gasteiger partial charge in [0.25, 0.3) is 0 Å². The van der Waals surface area contributed by atoms with Crippen molar-refractivity contribution >= 4 is 11.9 Å². The number of fused-ring (bicyclic) bond motifs is 2. The second-order valence-corrected chi connectivity index (χ2v) is 6.58. The summed E-state index contributed by atoms with van der Waals surface area (Å²) in [6.45, 7) is 1.00. The van der Waals surface area contributed by atoms with Gasteiger partial charge in [0.2, 0.25) is 5.95 Å². The molecule has 1 N–H and O–H groups in total. The van der Waals surface area contributed by atoms with E-state index >= 15 is 0 Å². The number of hydrogen-bond acceptors (Lipinski definition) is 4. The molecule has 0 atom stereocenters. The van der Waals surface area contributed by atoms with E-state index in [2.05, 4.69) is 9.97 Å². The van der Waals surface area contributed by atoms with Crippen LogP contribution in [0.5, 0.6) is 0 Å². The predicted molar refractivity (Wildman–Crippen MR) is 82.4 cm³/mol. The van der Waals surface area contributed by atoms with Crippen molar-refractivity contribution in [1.29, 1.82) is 0 Å². The van der Waals surface area contributed by atoms with Gasteiger partial charge in [-0.1, -0.05) is 6.07 Å². The van der Waals surface area contributed by atoms with Crippen LogP contribution in [-0.4, -0.2) is 27.6 Å². The molecule has 1 fully saturated rings. The summed E-state index contributed by atoms with van der Waals surface area (Å²) >= 11 is 0. The summed E-state index contributed by atoms with van der Waals surface area (Å²) in [5, 5.41) is 9.18. The van der Waals surface area contributed by atoms with Crippen LogP contribution in [0, 0.1) is 0 Å². The van der Waals surface area contributed by atoms with Gasteiger partial charge in [-0.05, 0) is 36.1 Å². The van der Waals surface area contributed by atoms with Gasteiger partial charge < -0.3 is 10.0 Å². The first-order valence-electron chi connectivity index (χ1n) is 7.79. The lowest BCUT2D eigenvalue weighted by atomic mass is 9.86. The number of aromatic nitrogens is 2. The number of hydrogen-bond donors (Lipinski definition) is 1. The van der Waals surface area contributed by atoms with Crippen molar-refractivity contribution in [3.8, 4) is 0 Å². The van der Waals surface area contributed by atoms with Gasteiger partial charge >= 0.3 is 12.1 Å². The third-order valence-corrected chi connectivity index (χ3v) is 4.88. The Morgan fingerprint density at radius 1 is 1.20 bits per heavy atom. The molecular formula is C17H14F3N3O2. The maximum Gasteiger partial charge on any atom is 0.419 e. The molecule has 0 unspecified atom stereocenters. The summed E-state index contributed by atoms with van der Waals surface area (Å²) in [5.74, 6) is -0.777. The standard InChI is InChI=1S/C17H14F3N3O2/c18-17(19,20)12-6-21-15(22-7-12)23-8-11-5-10(14(24)25)1-2-13(11)16(9-23)3-4-16/h1-2,5-7H,3-4,8-9H2,(H,24,25). The topological polar surface area (TPSA) is 66.3 Å². The highest BCUT2D eigenvalue weighted by Gasteiger charge is 2.49. The van der Waals surface area contributed by atoms with Gasteiger partial charge in [0, 0.05) is 30.9 Å². The molecule has 2 aromatic rings. The van der Waals surface area contributed by atoms with Gasteiger partial charge in [-0.3, -0.25) is 0 Å². The van der Waals surface area contributed by atoms with Crippen LogP contribution in [0.4, 0.5) is 19.1 Å². The summed E-state index contributed by atoms with van der Waals surface area (Å²) in [7, 11) is 0. The maximum atomic E-state index is 12.7. The summed E-state index contributed by atoms with van der Waals surface area (Å²) in [5.41, 5.74) is 1.23. The minimum Gasteiger partial charge on any atom is -0.478 e. The molecule has 0 bridgehead atoms. The summed E-state index contributed by atoms with van der Waals surface area (Å²) in [4.78, 5) is 20.8. The Bertz CT molecular complexity index is 845. The largest absolute Gasteiger partial charge is 0.478 e. The number of alkyl halides is 3. The van der Waals surface area contributed by atoms with Crippen LogP contribution in [0.25, 0.3) is 0 Å². The number of carboxylic acid groups (broad SMARTS) is 1. The zero-order valence-corrected chi connectivity index (χ0v) is 13.0. The molecule has 1 aromatic carbocycles. The fraction of sp³-hybridized carbons (Fsp3) is 0.353. The minimum absolute atomic E-state index is 0.0727. The van der Waals surface area contributed by atoms with E-state index in [1.54, 1.807) is 12.1 Å².